The van der Waals surface area contributed by atoms with Crippen molar-refractivity contribution in [2.24, 2.45) is 5.41 Å². The Morgan fingerprint density at radius 2 is 1.56 bits per heavy atom. The molecule has 0 bridgehead atoms. The number of allylic oxidation sites excluding steroid dienone is 1. The van der Waals surface area contributed by atoms with Crippen LogP contribution >= 0.6 is 0 Å². The van der Waals surface area contributed by atoms with Crippen molar-refractivity contribution in [2.45, 2.75) is 49.8 Å². The Morgan fingerprint density at radius 1 is 0.872 bits per heavy atom. The van der Waals surface area contributed by atoms with Crippen LogP contribution in [0.2, 0.25) is 0 Å². The number of carbonyl (C=O) groups is 2. The van der Waals surface area contributed by atoms with E-state index in [0.717, 1.165) is 39.5 Å². The third-order valence-corrected chi connectivity index (χ3v) is 9.37. The van der Waals surface area contributed by atoms with Gasteiger partial charge in [-0.15, -0.1) is 0 Å². The lowest BCUT2D eigenvalue weighted by atomic mass is 9.52. The number of benzene rings is 4. The first-order valence-electron chi connectivity index (χ1n) is 13.9. The van der Waals surface area contributed by atoms with E-state index in [4.69, 9.17) is 0 Å². The third kappa shape index (κ3) is 3.19. The second kappa shape index (κ2) is 8.84. The molecule has 4 heteroatoms. The molecule has 194 valence electrons. The molecule has 1 aliphatic heterocycles. The standard InChI is InChI=1S/C35H31NO3/c1-22(37)31-30(25-13-6-3-7-14-25)34(20-10-17-26(32(34)38)21-23-11-4-2-5-12-23)35(36-31)28-19-9-16-24-15-8-18-27(29(24)28)33(35)39/h2-9,11-16,18-19,21-22,30-31,36-37H,10,17,20H2,1H3/b26-21+/t22?,30-,31?,34-,35-/m0/s1. The molecule has 3 aliphatic rings. The van der Waals surface area contributed by atoms with Gasteiger partial charge in [0.05, 0.1) is 11.5 Å². The van der Waals surface area contributed by atoms with Crippen molar-refractivity contribution in [3.05, 3.63) is 125 Å². The van der Waals surface area contributed by atoms with Crippen molar-refractivity contribution >= 4 is 28.4 Å². The summed E-state index contributed by atoms with van der Waals surface area (Å²) >= 11 is 0. The number of hydrogen-bond donors (Lipinski definition) is 2. The predicted molar refractivity (Wildman–Crippen MR) is 153 cm³/mol. The molecule has 2 N–H and O–H groups in total. The van der Waals surface area contributed by atoms with Gasteiger partial charge in [0.25, 0.3) is 0 Å². The number of ketones is 2. The summed E-state index contributed by atoms with van der Waals surface area (Å²) in [6.45, 7) is 1.77. The zero-order chi connectivity index (χ0) is 26.8. The number of nitrogens with one attached hydrogen (secondary N) is 1. The quantitative estimate of drug-likeness (QED) is 0.321. The van der Waals surface area contributed by atoms with Crippen molar-refractivity contribution in [3.63, 3.8) is 0 Å². The maximum absolute atomic E-state index is 15.1. The molecule has 2 aliphatic carbocycles. The van der Waals surface area contributed by atoms with Crippen molar-refractivity contribution in [3.8, 4) is 0 Å². The van der Waals surface area contributed by atoms with Gasteiger partial charge in [-0.2, -0.15) is 0 Å². The van der Waals surface area contributed by atoms with E-state index in [1.165, 1.54) is 0 Å². The topological polar surface area (TPSA) is 66.4 Å². The molecule has 5 atom stereocenters. The maximum Gasteiger partial charge on any atom is 0.189 e. The van der Waals surface area contributed by atoms with E-state index in [0.29, 0.717) is 18.4 Å². The highest BCUT2D eigenvalue weighted by molar-refractivity contribution is 6.24. The van der Waals surface area contributed by atoms with Crippen LogP contribution in [0.15, 0.2) is 103 Å². The van der Waals surface area contributed by atoms with E-state index in [1.54, 1.807) is 6.92 Å². The third-order valence-electron chi connectivity index (χ3n) is 9.37. The van der Waals surface area contributed by atoms with Crippen LogP contribution in [0.25, 0.3) is 16.8 Å². The van der Waals surface area contributed by atoms with E-state index < -0.39 is 23.1 Å². The normalized spacial score (nSPS) is 29.6. The Labute approximate surface area is 228 Å². The number of Topliss-reactive ketones (excluding diaryl/α,β-unsaturated/α-hetero) is 2. The van der Waals surface area contributed by atoms with Crippen LogP contribution in [0.5, 0.6) is 0 Å². The monoisotopic (exact) mass is 513 g/mol. The molecule has 39 heavy (non-hydrogen) atoms. The summed E-state index contributed by atoms with van der Waals surface area (Å²) < 4.78 is 0. The Kier molecular flexibility index (Phi) is 5.48. The molecule has 4 aromatic rings. The van der Waals surface area contributed by atoms with E-state index >= 15 is 4.79 Å². The molecule has 0 aromatic heterocycles. The second-order valence-corrected chi connectivity index (χ2v) is 11.3. The minimum atomic E-state index is -1.27. The van der Waals surface area contributed by atoms with E-state index in [9.17, 15) is 9.90 Å². The zero-order valence-corrected chi connectivity index (χ0v) is 21.9. The van der Waals surface area contributed by atoms with E-state index in [-0.39, 0.29) is 17.5 Å². The van der Waals surface area contributed by atoms with Crippen molar-refractivity contribution in [2.75, 3.05) is 0 Å². The first-order valence-corrected chi connectivity index (χ1v) is 13.9. The molecule has 1 heterocycles. The van der Waals surface area contributed by atoms with Crippen LogP contribution in [0, 0.1) is 5.41 Å². The Bertz CT molecular complexity index is 1640. The molecule has 2 unspecified atom stereocenters. The molecule has 7 rings (SSSR count). The van der Waals surface area contributed by atoms with Gasteiger partial charge in [-0.3, -0.25) is 14.9 Å². The first kappa shape index (κ1) is 24.2. The van der Waals surface area contributed by atoms with Gasteiger partial charge in [-0.25, -0.2) is 0 Å². The van der Waals surface area contributed by atoms with Crippen LogP contribution in [-0.2, 0) is 10.3 Å². The Morgan fingerprint density at radius 3 is 2.28 bits per heavy atom. The van der Waals surface area contributed by atoms with Crippen LogP contribution in [0.3, 0.4) is 0 Å². The van der Waals surface area contributed by atoms with Crippen LogP contribution in [-0.4, -0.2) is 28.8 Å². The second-order valence-electron chi connectivity index (χ2n) is 11.3. The van der Waals surface area contributed by atoms with Gasteiger partial charge in [0.15, 0.2) is 11.6 Å². The van der Waals surface area contributed by atoms with Gasteiger partial charge in [-0.05, 0) is 65.3 Å². The summed E-state index contributed by atoms with van der Waals surface area (Å²) in [5, 5.41) is 16.8. The van der Waals surface area contributed by atoms with E-state index in [1.807, 2.05) is 103 Å². The highest BCUT2D eigenvalue weighted by Gasteiger charge is 2.74. The minimum Gasteiger partial charge on any atom is -0.392 e. The summed E-state index contributed by atoms with van der Waals surface area (Å²) in [4.78, 5) is 30.0. The number of carbonyl (C=O) groups excluding carboxylic acids is 2. The molecule has 2 fully saturated rings. The number of aliphatic hydroxyl groups excluding tert-OH is 1. The molecule has 0 amide bonds. The van der Waals surface area contributed by atoms with Gasteiger partial charge >= 0.3 is 0 Å². The molecule has 1 saturated heterocycles. The molecular weight excluding hydrogens is 482 g/mol. The van der Waals surface area contributed by atoms with Crippen LogP contribution < -0.4 is 5.32 Å². The largest absolute Gasteiger partial charge is 0.392 e. The van der Waals surface area contributed by atoms with Gasteiger partial charge < -0.3 is 5.11 Å². The lowest BCUT2D eigenvalue weighted by molar-refractivity contribution is -0.130. The fraction of sp³-hybridized carbons (Fsp3) is 0.257. The smallest absolute Gasteiger partial charge is 0.189 e. The number of fused-ring (bicyclic) bond motifs is 2. The fourth-order valence-electron chi connectivity index (χ4n) is 7.92. The van der Waals surface area contributed by atoms with Crippen molar-refractivity contribution in [1.29, 1.82) is 0 Å². The lowest BCUT2D eigenvalue weighted by Crippen LogP contribution is -2.59. The highest BCUT2D eigenvalue weighted by atomic mass is 16.3. The molecule has 4 aromatic carbocycles. The van der Waals surface area contributed by atoms with Crippen molar-refractivity contribution in [1.82, 2.24) is 5.32 Å². The number of aliphatic hydroxyl groups is 1. The van der Waals surface area contributed by atoms with Gasteiger partial charge in [0, 0.05) is 17.5 Å². The van der Waals surface area contributed by atoms with Crippen LogP contribution in [0.1, 0.15) is 59.2 Å². The molecule has 1 saturated carbocycles. The zero-order valence-electron chi connectivity index (χ0n) is 21.9. The van der Waals surface area contributed by atoms with E-state index in [2.05, 4.69) is 5.32 Å². The summed E-state index contributed by atoms with van der Waals surface area (Å²) in [7, 11) is 0. The molecule has 2 spiro atoms. The lowest BCUT2D eigenvalue weighted by Gasteiger charge is -2.47. The van der Waals surface area contributed by atoms with Gasteiger partial charge in [-0.1, -0.05) is 97.1 Å². The molecular formula is C35H31NO3. The van der Waals surface area contributed by atoms with Gasteiger partial charge in [0.2, 0.25) is 0 Å². The SMILES string of the molecule is CC(O)C1N[C@@]2(C(=O)c3cccc4cccc2c34)[C@@]2(CCC/C(=C\c3ccccc3)C2=O)[C@H]1c1ccccc1. The average Bonchev–Trinajstić information content (AvgIpc) is 3.40. The summed E-state index contributed by atoms with van der Waals surface area (Å²) in [6.07, 6.45) is 3.23. The number of hydrogen-bond acceptors (Lipinski definition) is 4. The Balaban J connectivity index is 1.55. The minimum absolute atomic E-state index is 0.0141. The highest BCUT2D eigenvalue weighted by Crippen LogP contribution is 2.66. The van der Waals surface area contributed by atoms with Crippen LogP contribution in [0.4, 0.5) is 0 Å². The molecule has 4 nitrogen and oxygen atoms in total. The first-order chi connectivity index (χ1) is 19.0. The summed E-state index contributed by atoms with van der Waals surface area (Å²) in [5.41, 5.74) is 1.84. The van der Waals surface area contributed by atoms with Gasteiger partial charge in [0.1, 0.15) is 5.54 Å². The average molecular weight is 514 g/mol. The molecule has 0 radical (unpaired) electrons. The summed E-state index contributed by atoms with van der Waals surface area (Å²) in [6, 6.07) is 31.3. The Hall–Kier alpha value is -3.86. The van der Waals surface area contributed by atoms with Crippen molar-refractivity contribution < 1.29 is 14.7 Å². The summed E-state index contributed by atoms with van der Waals surface area (Å²) in [5.74, 6) is -0.438. The maximum atomic E-state index is 15.1. The predicted octanol–water partition coefficient (Wildman–Crippen LogP) is 6.19. The fourth-order valence-corrected chi connectivity index (χ4v) is 7.92. The number of rotatable bonds is 3.